The van der Waals surface area contributed by atoms with Gasteiger partial charge >= 0.3 is 6.18 Å². The molecule has 0 aliphatic heterocycles. The lowest BCUT2D eigenvalue weighted by molar-refractivity contribution is -0.174. The minimum absolute atomic E-state index is 0.229. The largest absolute Gasteiger partial charge is 0.411 e. The quantitative estimate of drug-likeness (QED) is 0.680. The summed E-state index contributed by atoms with van der Waals surface area (Å²) in [6.07, 6.45) is 3.92. The van der Waals surface area contributed by atoms with Gasteiger partial charge in [0.1, 0.15) is 6.61 Å². The Kier molecular flexibility index (Phi) is 6.35. The Morgan fingerprint density at radius 1 is 1.10 bits per heavy atom. The summed E-state index contributed by atoms with van der Waals surface area (Å²) in [5.74, 6) is 2.10. The molecule has 3 atom stereocenters. The van der Waals surface area contributed by atoms with E-state index < -0.39 is 12.8 Å². The lowest BCUT2D eigenvalue weighted by Gasteiger charge is -2.35. The molecule has 0 aromatic carbocycles. The van der Waals surface area contributed by atoms with Crippen LogP contribution < -0.4 is 5.32 Å². The minimum atomic E-state index is -4.20. The third-order valence-electron chi connectivity index (χ3n) is 4.78. The zero-order chi connectivity index (χ0) is 15.3. The maximum Gasteiger partial charge on any atom is 0.411 e. The predicted molar refractivity (Wildman–Crippen MR) is 77.1 cm³/mol. The Bertz CT molecular complexity index is 304. The predicted octanol–water partition coefficient (Wildman–Crippen LogP) is 4.15. The Balaban J connectivity index is 1.64. The van der Waals surface area contributed by atoms with E-state index in [0.717, 1.165) is 31.3 Å². The monoisotopic (exact) mass is 307 g/mol. The number of hydrogen-bond donors (Lipinski definition) is 1. The van der Waals surface area contributed by atoms with Crippen LogP contribution in [-0.2, 0) is 4.74 Å². The summed E-state index contributed by atoms with van der Waals surface area (Å²) < 4.78 is 40.7. The van der Waals surface area contributed by atoms with E-state index in [9.17, 15) is 13.2 Å². The first-order chi connectivity index (χ1) is 9.94. The van der Waals surface area contributed by atoms with Gasteiger partial charge in [-0.3, -0.25) is 0 Å². The van der Waals surface area contributed by atoms with Crippen molar-refractivity contribution in [3.8, 4) is 0 Å². The van der Waals surface area contributed by atoms with Crippen molar-refractivity contribution in [1.82, 2.24) is 5.32 Å². The molecule has 2 rings (SSSR count). The van der Waals surface area contributed by atoms with Crippen LogP contribution in [0, 0.1) is 17.8 Å². The van der Waals surface area contributed by atoms with Gasteiger partial charge < -0.3 is 10.1 Å². The first-order valence-corrected chi connectivity index (χ1v) is 8.32. The molecule has 0 aromatic heterocycles. The fraction of sp³-hybridized carbons (Fsp3) is 1.00. The third kappa shape index (κ3) is 7.00. The van der Waals surface area contributed by atoms with Gasteiger partial charge in [-0.15, -0.1) is 0 Å². The maximum absolute atomic E-state index is 12.0. The van der Waals surface area contributed by atoms with Crippen molar-refractivity contribution < 1.29 is 17.9 Å². The average molecular weight is 307 g/mol. The van der Waals surface area contributed by atoms with Crippen LogP contribution in [0.5, 0.6) is 0 Å². The van der Waals surface area contributed by atoms with Gasteiger partial charge in [-0.1, -0.05) is 13.3 Å². The van der Waals surface area contributed by atoms with Crippen molar-refractivity contribution in [3.05, 3.63) is 0 Å². The SMILES string of the molecule is CC1CCC(CNC2CC2)C(CCCOCC(F)(F)F)C1. The first-order valence-electron chi connectivity index (χ1n) is 8.32. The van der Waals surface area contributed by atoms with Crippen molar-refractivity contribution in [2.75, 3.05) is 19.8 Å². The molecule has 0 saturated heterocycles. The molecule has 2 nitrogen and oxygen atoms in total. The molecule has 2 aliphatic carbocycles. The number of nitrogens with one attached hydrogen (secondary N) is 1. The van der Waals surface area contributed by atoms with E-state index >= 15 is 0 Å². The molecule has 0 spiro atoms. The standard InChI is InChI=1S/C16H28F3NO/c1-12-4-5-14(10-20-15-6-7-15)13(9-12)3-2-8-21-11-16(17,18)19/h12-15,20H,2-11H2,1H3. The molecule has 2 fully saturated rings. The molecule has 2 saturated carbocycles. The lowest BCUT2D eigenvalue weighted by Crippen LogP contribution is -2.33. The highest BCUT2D eigenvalue weighted by atomic mass is 19.4. The van der Waals surface area contributed by atoms with Crippen molar-refractivity contribution in [1.29, 1.82) is 0 Å². The fourth-order valence-corrected chi connectivity index (χ4v) is 3.42. The summed E-state index contributed by atoms with van der Waals surface area (Å²) in [7, 11) is 0. The van der Waals surface area contributed by atoms with Crippen molar-refractivity contribution in [2.24, 2.45) is 17.8 Å². The highest BCUT2D eigenvalue weighted by Crippen LogP contribution is 2.36. The summed E-state index contributed by atoms with van der Waals surface area (Å²) in [4.78, 5) is 0. The summed E-state index contributed by atoms with van der Waals surface area (Å²) >= 11 is 0. The molecule has 0 heterocycles. The molecular formula is C16H28F3NO. The van der Waals surface area contributed by atoms with E-state index in [4.69, 9.17) is 4.74 Å². The van der Waals surface area contributed by atoms with Crippen LogP contribution in [0.25, 0.3) is 0 Å². The van der Waals surface area contributed by atoms with Gasteiger partial charge in [0.15, 0.2) is 0 Å². The van der Waals surface area contributed by atoms with Crippen LogP contribution in [0.1, 0.15) is 51.9 Å². The molecule has 1 N–H and O–H groups in total. The molecule has 21 heavy (non-hydrogen) atoms. The Hall–Kier alpha value is -0.290. The topological polar surface area (TPSA) is 21.3 Å². The maximum atomic E-state index is 12.0. The van der Waals surface area contributed by atoms with Crippen molar-refractivity contribution >= 4 is 0 Å². The van der Waals surface area contributed by atoms with Crippen LogP contribution in [0.15, 0.2) is 0 Å². The average Bonchev–Trinajstić information content (AvgIpc) is 3.20. The van der Waals surface area contributed by atoms with Gasteiger partial charge in [0, 0.05) is 12.6 Å². The molecule has 0 bridgehead atoms. The smallest absolute Gasteiger partial charge is 0.372 e. The number of halogens is 3. The second-order valence-electron chi connectivity index (χ2n) is 6.93. The summed E-state index contributed by atoms with van der Waals surface area (Å²) in [5, 5.41) is 3.61. The summed E-state index contributed by atoms with van der Waals surface area (Å²) in [6.45, 7) is 2.50. The van der Waals surface area contributed by atoms with Gasteiger partial charge in [0.05, 0.1) is 0 Å². The number of hydrogen-bond acceptors (Lipinski definition) is 2. The number of rotatable bonds is 8. The Morgan fingerprint density at radius 2 is 1.86 bits per heavy atom. The van der Waals surface area contributed by atoms with E-state index in [0.29, 0.717) is 11.8 Å². The Morgan fingerprint density at radius 3 is 2.52 bits per heavy atom. The van der Waals surface area contributed by atoms with Gasteiger partial charge in [-0.2, -0.15) is 13.2 Å². The Labute approximate surface area is 125 Å². The second kappa shape index (κ2) is 7.82. The molecular weight excluding hydrogens is 279 g/mol. The summed E-state index contributed by atoms with van der Waals surface area (Å²) in [6, 6.07) is 0.736. The molecule has 0 aromatic rings. The minimum Gasteiger partial charge on any atom is -0.372 e. The fourth-order valence-electron chi connectivity index (χ4n) is 3.42. The first kappa shape index (κ1) is 17.1. The van der Waals surface area contributed by atoms with Crippen LogP contribution in [0.4, 0.5) is 13.2 Å². The third-order valence-corrected chi connectivity index (χ3v) is 4.78. The molecule has 2 aliphatic rings. The van der Waals surface area contributed by atoms with E-state index in [1.54, 1.807) is 0 Å². The van der Waals surface area contributed by atoms with Gasteiger partial charge in [-0.05, 0) is 62.8 Å². The molecule has 3 unspecified atom stereocenters. The zero-order valence-electron chi connectivity index (χ0n) is 12.9. The molecule has 5 heteroatoms. The van der Waals surface area contributed by atoms with E-state index in [1.165, 1.54) is 32.1 Å². The van der Waals surface area contributed by atoms with E-state index in [2.05, 4.69) is 12.2 Å². The van der Waals surface area contributed by atoms with Gasteiger partial charge in [0.2, 0.25) is 0 Å². The van der Waals surface area contributed by atoms with Crippen LogP contribution in [-0.4, -0.2) is 32.0 Å². The molecule has 0 amide bonds. The van der Waals surface area contributed by atoms with Crippen LogP contribution >= 0.6 is 0 Å². The highest BCUT2D eigenvalue weighted by Gasteiger charge is 2.30. The van der Waals surface area contributed by atoms with Crippen LogP contribution in [0.3, 0.4) is 0 Å². The molecule has 124 valence electrons. The van der Waals surface area contributed by atoms with Gasteiger partial charge in [0.25, 0.3) is 0 Å². The number of alkyl halides is 3. The van der Waals surface area contributed by atoms with Crippen molar-refractivity contribution in [2.45, 2.75) is 64.1 Å². The zero-order valence-corrected chi connectivity index (χ0v) is 12.9. The highest BCUT2D eigenvalue weighted by molar-refractivity contribution is 4.85. The lowest BCUT2D eigenvalue weighted by atomic mass is 9.73. The van der Waals surface area contributed by atoms with E-state index in [-0.39, 0.29) is 6.61 Å². The van der Waals surface area contributed by atoms with Crippen LogP contribution in [0.2, 0.25) is 0 Å². The summed E-state index contributed by atoms with van der Waals surface area (Å²) in [5.41, 5.74) is 0. The number of ether oxygens (including phenoxy) is 1. The van der Waals surface area contributed by atoms with E-state index in [1.807, 2.05) is 0 Å². The van der Waals surface area contributed by atoms with Crippen molar-refractivity contribution in [3.63, 3.8) is 0 Å². The normalized spacial score (nSPS) is 30.6. The van der Waals surface area contributed by atoms with Gasteiger partial charge in [-0.25, -0.2) is 0 Å². The second-order valence-corrected chi connectivity index (χ2v) is 6.93. The molecule has 0 radical (unpaired) electrons.